The zero-order valence-electron chi connectivity index (χ0n) is 33.7. The number of piperidine rings is 2. The van der Waals surface area contributed by atoms with E-state index in [2.05, 4.69) is 40.5 Å². The van der Waals surface area contributed by atoms with Crippen molar-refractivity contribution in [2.75, 3.05) is 46.3 Å². The van der Waals surface area contributed by atoms with Gasteiger partial charge < -0.3 is 29.9 Å². The van der Waals surface area contributed by atoms with Gasteiger partial charge in [0.1, 0.15) is 18.4 Å². The average Bonchev–Trinajstić information content (AvgIpc) is 3.94. The number of hydrogen-bond acceptors (Lipinski definition) is 9. The van der Waals surface area contributed by atoms with Crippen LogP contribution in [-0.2, 0) is 0 Å². The van der Waals surface area contributed by atoms with E-state index < -0.39 is 6.09 Å². The Hall–Kier alpha value is -5.60. The molecule has 0 radical (unpaired) electrons. The van der Waals surface area contributed by atoms with Gasteiger partial charge >= 0.3 is 12.1 Å². The lowest BCUT2D eigenvalue weighted by Crippen LogP contribution is -2.46. The van der Waals surface area contributed by atoms with Crippen LogP contribution in [-0.4, -0.2) is 98.3 Å². The number of benzene rings is 1. The van der Waals surface area contributed by atoms with Crippen LogP contribution in [0.5, 0.6) is 5.75 Å². The molecule has 5 aromatic rings. The van der Waals surface area contributed by atoms with Crippen LogP contribution in [0.4, 0.5) is 9.59 Å². The molecule has 304 valence electrons. The highest BCUT2D eigenvalue weighted by Gasteiger charge is 2.26. The predicted molar refractivity (Wildman–Crippen MR) is 219 cm³/mol. The number of amides is 1. The summed E-state index contributed by atoms with van der Waals surface area (Å²) in [5.74, 6) is 1.48. The lowest BCUT2D eigenvalue weighted by Gasteiger charge is -2.36. The Morgan fingerprint density at radius 1 is 0.737 bits per heavy atom. The molecule has 0 bridgehead atoms. The van der Waals surface area contributed by atoms with Crippen LogP contribution >= 0.6 is 0 Å². The number of likely N-dealkylation sites (tertiary alicyclic amines) is 2. The third kappa shape index (κ3) is 12.7. The third-order valence-corrected chi connectivity index (χ3v) is 10.5. The molecular formula is C43H57N9O5. The summed E-state index contributed by atoms with van der Waals surface area (Å²) >= 11 is 0. The molecule has 2 saturated heterocycles. The fraction of sp³-hybridized carbons (Fsp3) is 0.442. The minimum absolute atomic E-state index is 0.0846. The molecule has 7 rings (SSSR count). The van der Waals surface area contributed by atoms with Gasteiger partial charge in [-0.05, 0) is 94.9 Å². The number of carbonyl (C=O) groups is 2. The van der Waals surface area contributed by atoms with Crippen molar-refractivity contribution in [1.29, 1.82) is 0 Å². The number of pyridine rings is 2. The van der Waals surface area contributed by atoms with E-state index in [-0.39, 0.29) is 12.1 Å². The van der Waals surface area contributed by atoms with Crippen molar-refractivity contribution in [3.8, 4) is 28.3 Å². The Morgan fingerprint density at radius 3 is 1.75 bits per heavy atom. The van der Waals surface area contributed by atoms with Gasteiger partial charge in [-0.3, -0.25) is 4.57 Å². The molecule has 0 unspecified atom stereocenters. The Labute approximate surface area is 336 Å². The standard InChI is InChI=1S/C18H25N5O2.C15H11N3O3.C10H21N/c1-3-8-21-10-6-16(7-11-21)20(2)18(24)22-13-17(19-14-22)15-5-4-9-23(25)12-15;19-15(21-13-6-2-1-3-7-13)17-10-14(16-11-17)12-5-4-8-18(20)9-12;1-3-7-11-8-5-10(4-2)6-9-11/h4-5,9,12-14,16H,3,6-8,10-11H2,1-2H3;1-11H;10H,3-9H2,1-2H3. The molecule has 0 saturated carbocycles. The Morgan fingerprint density at radius 2 is 1.25 bits per heavy atom. The maximum Gasteiger partial charge on any atom is 0.424 e. The number of rotatable bonds is 9. The van der Waals surface area contributed by atoms with Gasteiger partial charge in [0.25, 0.3) is 0 Å². The van der Waals surface area contributed by atoms with E-state index in [0.717, 1.165) is 43.1 Å². The highest BCUT2D eigenvalue weighted by Crippen LogP contribution is 2.21. The van der Waals surface area contributed by atoms with Gasteiger partial charge in [-0.1, -0.05) is 45.4 Å². The lowest BCUT2D eigenvalue weighted by atomic mass is 9.94. The number of ether oxygens (including phenoxy) is 1. The zero-order chi connectivity index (χ0) is 40.6. The van der Waals surface area contributed by atoms with E-state index in [9.17, 15) is 20.0 Å². The molecule has 57 heavy (non-hydrogen) atoms. The Balaban J connectivity index is 0.000000175. The number of nitrogens with zero attached hydrogens (tertiary/aromatic N) is 9. The number of para-hydroxylation sites is 1. The third-order valence-electron chi connectivity index (χ3n) is 10.5. The second kappa shape index (κ2) is 21.6. The zero-order valence-corrected chi connectivity index (χ0v) is 33.7. The summed E-state index contributed by atoms with van der Waals surface area (Å²) in [5.41, 5.74) is 2.45. The van der Waals surface area contributed by atoms with E-state index >= 15 is 0 Å². The molecule has 0 spiro atoms. The van der Waals surface area contributed by atoms with E-state index in [1.165, 1.54) is 105 Å². The minimum atomic E-state index is -0.564. The summed E-state index contributed by atoms with van der Waals surface area (Å²) in [7, 11) is 1.86. The first kappa shape index (κ1) is 42.5. The topological polar surface area (TPSA) is 143 Å². The van der Waals surface area contributed by atoms with Crippen molar-refractivity contribution < 1.29 is 23.8 Å². The predicted octanol–water partition coefficient (Wildman–Crippen LogP) is 6.71. The maximum absolute atomic E-state index is 12.7. The van der Waals surface area contributed by atoms with Crippen LogP contribution < -0.4 is 14.2 Å². The van der Waals surface area contributed by atoms with Crippen LogP contribution in [0.25, 0.3) is 22.5 Å². The summed E-state index contributed by atoms with van der Waals surface area (Å²) in [6.07, 6.45) is 19.9. The van der Waals surface area contributed by atoms with Crippen molar-refractivity contribution in [1.82, 2.24) is 33.8 Å². The quantitative estimate of drug-likeness (QED) is 0.118. The van der Waals surface area contributed by atoms with Crippen LogP contribution in [0, 0.1) is 16.3 Å². The molecule has 14 heteroatoms. The van der Waals surface area contributed by atoms with Crippen LogP contribution in [0.15, 0.2) is 104 Å². The van der Waals surface area contributed by atoms with Gasteiger partial charge in [-0.25, -0.2) is 24.1 Å². The number of hydrogen-bond donors (Lipinski definition) is 0. The summed E-state index contributed by atoms with van der Waals surface area (Å²) in [6, 6.07) is 15.8. The molecule has 0 atom stereocenters. The SMILES string of the molecule is CCCN1CCC(CC)CC1.CCCN1CCC(N(C)C(=O)n2cnc(-c3ccc[n+]([O-])c3)c2)CC1.O=C(Oc1ccccc1)n1cnc(-c2ccc[n+]([O-])c2)c1. The number of carbonyl (C=O) groups excluding carboxylic acids is 2. The van der Waals surface area contributed by atoms with E-state index in [4.69, 9.17) is 4.74 Å². The van der Waals surface area contributed by atoms with Gasteiger partial charge in [0.05, 0.1) is 22.5 Å². The van der Waals surface area contributed by atoms with Crippen molar-refractivity contribution in [3.05, 3.63) is 115 Å². The molecule has 2 aliphatic heterocycles. The largest absolute Gasteiger partial charge is 0.619 e. The average molecular weight is 780 g/mol. The minimum Gasteiger partial charge on any atom is -0.619 e. The lowest BCUT2D eigenvalue weighted by molar-refractivity contribution is -0.605. The molecule has 6 heterocycles. The van der Waals surface area contributed by atoms with Crippen LogP contribution in [0.3, 0.4) is 0 Å². The van der Waals surface area contributed by atoms with Crippen molar-refractivity contribution >= 4 is 12.1 Å². The maximum atomic E-state index is 12.7. The summed E-state index contributed by atoms with van der Waals surface area (Å²) < 4.78 is 9.32. The molecule has 4 aromatic heterocycles. The molecule has 1 aromatic carbocycles. The Kier molecular flexibility index (Phi) is 16.1. The van der Waals surface area contributed by atoms with Gasteiger partial charge in [0, 0.05) is 50.7 Å². The van der Waals surface area contributed by atoms with Crippen LogP contribution in [0.1, 0.15) is 65.7 Å². The van der Waals surface area contributed by atoms with Gasteiger partial charge in [0.15, 0.2) is 24.8 Å². The highest BCUT2D eigenvalue weighted by atomic mass is 16.6. The van der Waals surface area contributed by atoms with Gasteiger partial charge in [0.2, 0.25) is 0 Å². The van der Waals surface area contributed by atoms with Crippen LogP contribution in [0.2, 0.25) is 0 Å². The highest BCUT2D eigenvalue weighted by molar-refractivity contribution is 5.78. The van der Waals surface area contributed by atoms with Gasteiger partial charge in [-0.15, -0.1) is 0 Å². The normalized spacial score (nSPS) is 15.2. The fourth-order valence-corrected chi connectivity index (χ4v) is 7.12. The second-order valence-electron chi connectivity index (χ2n) is 14.6. The molecular weight excluding hydrogens is 723 g/mol. The molecule has 0 N–H and O–H groups in total. The monoisotopic (exact) mass is 779 g/mol. The second-order valence-corrected chi connectivity index (χ2v) is 14.6. The summed E-state index contributed by atoms with van der Waals surface area (Å²) in [4.78, 5) is 39.9. The number of imidazole rings is 2. The first-order chi connectivity index (χ1) is 27.7. The smallest absolute Gasteiger partial charge is 0.424 e. The molecule has 1 amide bonds. The Bertz CT molecular complexity index is 1970. The molecule has 14 nitrogen and oxygen atoms in total. The van der Waals surface area contributed by atoms with E-state index in [0.29, 0.717) is 33.0 Å². The molecule has 0 aliphatic carbocycles. The molecule has 2 aliphatic rings. The first-order valence-electron chi connectivity index (χ1n) is 20.1. The van der Waals surface area contributed by atoms with Crippen molar-refractivity contribution in [2.45, 2.75) is 71.8 Å². The molecule has 2 fully saturated rings. The summed E-state index contributed by atoms with van der Waals surface area (Å²) in [5, 5.41) is 22.6. The van der Waals surface area contributed by atoms with E-state index in [1.54, 1.807) is 54.7 Å². The van der Waals surface area contributed by atoms with E-state index in [1.807, 2.05) is 18.0 Å². The van der Waals surface area contributed by atoms with Crippen molar-refractivity contribution in [3.63, 3.8) is 0 Å². The van der Waals surface area contributed by atoms with Crippen molar-refractivity contribution in [2.24, 2.45) is 5.92 Å². The fourth-order valence-electron chi connectivity index (χ4n) is 7.12. The summed E-state index contributed by atoms with van der Waals surface area (Å²) in [6.45, 7) is 14.0. The first-order valence-corrected chi connectivity index (χ1v) is 20.1. The number of aromatic nitrogens is 6. The van der Waals surface area contributed by atoms with Gasteiger partial charge in [-0.2, -0.15) is 9.46 Å².